The van der Waals surface area contributed by atoms with Gasteiger partial charge in [-0.15, -0.1) is 5.10 Å². The molecule has 1 unspecified atom stereocenters. The maximum atomic E-state index is 14.9. The largest absolute Gasteiger partial charge is 0.305 e. The summed E-state index contributed by atoms with van der Waals surface area (Å²) in [4.78, 5) is 4.32. The van der Waals surface area contributed by atoms with Crippen LogP contribution in [0.15, 0.2) is 71.9 Å². The molecule has 3 N–H and O–H groups in total. The lowest BCUT2D eigenvalue weighted by Gasteiger charge is -2.12. The maximum Gasteiger partial charge on any atom is 0.238 e. The van der Waals surface area contributed by atoms with E-state index in [2.05, 4.69) is 20.5 Å². The third kappa shape index (κ3) is 5.69. The zero-order chi connectivity index (χ0) is 23.4. The third-order valence-electron chi connectivity index (χ3n) is 5.03. The zero-order valence-corrected chi connectivity index (χ0v) is 18.8. The monoisotopic (exact) mass is 469 g/mol. The van der Waals surface area contributed by atoms with Gasteiger partial charge in [0.2, 0.25) is 10.0 Å². The second-order valence-corrected chi connectivity index (χ2v) is 9.25. The van der Waals surface area contributed by atoms with Gasteiger partial charge >= 0.3 is 0 Å². The van der Waals surface area contributed by atoms with E-state index in [1.165, 1.54) is 16.8 Å². The van der Waals surface area contributed by atoms with Gasteiger partial charge in [0.25, 0.3) is 0 Å². The number of hydrogen-bond acceptors (Lipinski definition) is 6. The van der Waals surface area contributed by atoms with E-state index in [4.69, 9.17) is 5.14 Å². The average molecular weight is 470 g/mol. The first-order chi connectivity index (χ1) is 15.8. The van der Waals surface area contributed by atoms with Crippen molar-refractivity contribution >= 4 is 10.0 Å². The Bertz CT molecular complexity index is 1320. The van der Waals surface area contributed by atoms with Gasteiger partial charge < -0.3 is 5.32 Å². The number of primary sulfonamides is 1. The number of halogens is 1. The number of rotatable bonds is 9. The fourth-order valence-corrected chi connectivity index (χ4v) is 3.93. The molecule has 0 fully saturated rings. The minimum Gasteiger partial charge on any atom is -0.305 e. The molecule has 1 atom stereocenters. The number of nitrogens with two attached hydrogens (primary N) is 1. The fourth-order valence-electron chi connectivity index (χ4n) is 3.41. The predicted molar refractivity (Wildman–Crippen MR) is 120 cm³/mol. The molecule has 0 saturated heterocycles. The summed E-state index contributed by atoms with van der Waals surface area (Å²) in [7, 11) is -4.02. The van der Waals surface area contributed by atoms with Crippen LogP contribution in [0.5, 0.6) is 0 Å². The predicted octanol–water partition coefficient (Wildman–Crippen LogP) is 2.02. The van der Waals surface area contributed by atoms with Gasteiger partial charge in [-0.05, 0) is 36.8 Å². The Balaban J connectivity index is 1.61. The number of nitrogens with one attached hydrogen (secondary N) is 1. The summed E-state index contributed by atoms with van der Waals surface area (Å²) in [6, 6.07) is 15.1. The van der Waals surface area contributed by atoms with Crippen LogP contribution in [0.1, 0.15) is 24.1 Å². The quantitative estimate of drug-likeness (QED) is 0.387. The highest BCUT2D eigenvalue weighted by Crippen LogP contribution is 2.20. The molecule has 0 aliphatic rings. The molecular weight excluding hydrogens is 445 g/mol. The molecule has 0 amide bonds. The van der Waals surface area contributed by atoms with Crippen LogP contribution in [0.4, 0.5) is 4.39 Å². The molecule has 0 aliphatic heterocycles. The van der Waals surface area contributed by atoms with E-state index in [0.717, 1.165) is 11.6 Å². The number of hydrogen-bond donors (Lipinski definition) is 2. The molecule has 2 heterocycles. The second kappa shape index (κ2) is 9.61. The Kier molecular flexibility index (Phi) is 6.63. The van der Waals surface area contributed by atoms with Crippen molar-refractivity contribution in [3.8, 4) is 5.69 Å². The lowest BCUT2D eigenvalue weighted by atomic mass is 10.1. The van der Waals surface area contributed by atoms with Crippen molar-refractivity contribution in [1.29, 1.82) is 0 Å². The maximum absolute atomic E-state index is 14.9. The van der Waals surface area contributed by atoms with Gasteiger partial charge in [0.05, 0.1) is 18.0 Å². The topological polar surface area (TPSA) is 121 Å². The van der Waals surface area contributed by atoms with Crippen molar-refractivity contribution in [3.05, 3.63) is 90.0 Å². The lowest BCUT2D eigenvalue weighted by molar-refractivity contribution is 0.445. The van der Waals surface area contributed by atoms with E-state index in [9.17, 15) is 12.8 Å². The van der Waals surface area contributed by atoms with E-state index in [1.807, 2.05) is 54.2 Å². The van der Waals surface area contributed by atoms with E-state index < -0.39 is 15.8 Å². The minimum absolute atomic E-state index is 0.0941. The Morgan fingerprint density at radius 2 is 1.94 bits per heavy atom. The molecule has 11 heteroatoms. The second-order valence-electron chi connectivity index (χ2n) is 7.69. The summed E-state index contributed by atoms with van der Waals surface area (Å²) in [6.07, 6.45) is 4.03. The molecule has 4 aromatic rings. The molecule has 2 aromatic carbocycles. The molecule has 9 nitrogen and oxygen atoms in total. The lowest BCUT2D eigenvalue weighted by Crippen LogP contribution is -2.30. The fraction of sp³-hybridized carbons (Fsp3) is 0.227. The van der Waals surface area contributed by atoms with Gasteiger partial charge in [-0.2, -0.15) is 5.10 Å². The summed E-state index contributed by atoms with van der Waals surface area (Å²) in [5.41, 5.74) is 1.08. The molecule has 0 radical (unpaired) electrons. The van der Waals surface area contributed by atoms with Crippen molar-refractivity contribution in [2.24, 2.45) is 5.14 Å². The Hall–Kier alpha value is -3.41. The van der Waals surface area contributed by atoms with Gasteiger partial charge in [0.15, 0.2) is 5.82 Å². The van der Waals surface area contributed by atoms with Crippen molar-refractivity contribution < 1.29 is 12.8 Å². The van der Waals surface area contributed by atoms with Crippen LogP contribution in [0.25, 0.3) is 5.69 Å². The Morgan fingerprint density at radius 3 is 2.61 bits per heavy atom. The van der Waals surface area contributed by atoms with E-state index >= 15 is 0 Å². The van der Waals surface area contributed by atoms with Crippen LogP contribution in [0, 0.1) is 5.82 Å². The SMILES string of the molecule is CC(Cn1cccn1)NCc1nc(Cc2ccccc2)n(-c2ccc(S(N)(=O)=O)cc2F)n1. The van der Waals surface area contributed by atoms with Gasteiger partial charge in [-0.1, -0.05) is 30.3 Å². The average Bonchev–Trinajstić information content (AvgIpc) is 3.42. The van der Waals surface area contributed by atoms with Crippen LogP contribution in [0.3, 0.4) is 0 Å². The molecule has 0 spiro atoms. The highest BCUT2D eigenvalue weighted by molar-refractivity contribution is 7.89. The first-order valence-corrected chi connectivity index (χ1v) is 11.9. The summed E-state index contributed by atoms with van der Waals surface area (Å²) in [5, 5.41) is 17.2. The molecule has 172 valence electrons. The van der Waals surface area contributed by atoms with Gasteiger partial charge in [-0.25, -0.2) is 27.6 Å². The molecule has 2 aromatic heterocycles. The number of sulfonamides is 1. The third-order valence-corrected chi connectivity index (χ3v) is 5.94. The molecule has 33 heavy (non-hydrogen) atoms. The number of nitrogens with zero attached hydrogens (tertiary/aromatic N) is 5. The van der Waals surface area contributed by atoms with Crippen LogP contribution in [-0.2, 0) is 29.5 Å². The van der Waals surface area contributed by atoms with E-state index in [0.29, 0.717) is 31.2 Å². The van der Waals surface area contributed by atoms with E-state index in [1.54, 1.807) is 6.20 Å². The van der Waals surface area contributed by atoms with Gasteiger partial charge in [-0.3, -0.25) is 4.68 Å². The van der Waals surface area contributed by atoms with Crippen molar-refractivity contribution in [3.63, 3.8) is 0 Å². The normalized spacial score (nSPS) is 12.7. The van der Waals surface area contributed by atoms with Crippen LogP contribution < -0.4 is 10.5 Å². The summed E-state index contributed by atoms with van der Waals surface area (Å²) >= 11 is 0. The smallest absolute Gasteiger partial charge is 0.238 e. The van der Waals surface area contributed by atoms with Crippen molar-refractivity contribution in [1.82, 2.24) is 29.9 Å². The molecular formula is C22H24FN7O2S. The molecule has 0 bridgehead atoms. The minimum atomic E-state index is -4.02. The van der Waals surface area contributed by atoms with Crippen molar-refractivity contribution in [2.75, 3.05) is 0 Å². The Morgan fingerprint density at radius 1 is 1.15 bits per heavy atom. The van der Waals surface area contributed by atoms with Crippen LogP contribution in [-0.4, -0.2) is 39.0 Å². The van der Waals surface area contributed by atoms with Crippen LogP contribution >= 0.6 is 0 Å². The van der Waals surface area contributed by atoms with Crippen LogP contribution in [0.2, 0.25) is 0 Å². The standard InChI is InChI=1S/C22H24FN7O2S/c1-16(15-29-11-5-10-26-29)25-14-21-27-22(12-17-6-3-2-4-7-17)30(28-21)20-9-8-18(13-19(20)23)33(24,31)32/h2-11,13,16,25H,12,14-15H2,1H3,(H2,24,31,32). The number of benzene rings is 2. The highest BCUT2D eigenvalue weighted by atomic mass is 32.2. The van der Waals surface area contributed by atoms with Gasteiger partial charge in [0, 0.05) is 24.9 Å². The summed E-state index contributed by atoms with van der Waals surface area (Å²) in [5.74, 6) is 0.260. The highest BCUT2D eigenvalue weighted by Gasteiger charge is 2.18. The Labute approximate surface area is 191 Å². The molecule has 4 rings (SSSR count). The summed E-state index contributed by atoms with van der Waals surface area (Å²) < 4.78 is 41.3. The number of aromatic nitrogens is 5. The first kappa shape index (κ1) is 22.8. The van der Waals surface area contributed by atoms with Gasteiger partial charge in [0.1, 0.15) is 17.3 Å². The molecule has 0 saturated carbocycles. The van der Waals surface area contributed by atoms with Crippen molar-refractivity contribution in [2.45, 2.75) is 37.4 Å². The first-order valence-electron chi connectivity index (χ1n) is 10.3. The molecule has 0 aliphatic carbocycles. The summed E-state index contributed by atoms with van der Waals surface area (Å²) in [6.45, 7) is 3.07. The van der Waals surface area contributed by atoms with E-state index in [-0.39, 0.29) is 16.6 Å². The zero-order valence-electron chi connectivity index (χ0n) is 18.0.